The zero-order chi connectivity index (χ0) is 11.2. The summed E-state index contributed by atoms with van der Waals surface area (Å²) in [5.74, 6) is 0.360. The monoisotopic (exact) mass is 210 g/mol. The number of rotatable bonds is 4. The molecule has 0 bridgehead atoms. The Kier molecular flexibility index (Phi) is 2.54. The van der Waals surface area contributed by atoms with Crippen LogP contribution in [0.3, 0.4) is 0 Å². The zero-order valence-corrected chi connectivity index (χ0v) is 9.27. The lowest BCUT2D eigenvalue weighted by Crippen LogP contribution is -2.45. The first-order valence-corrected chi connectivity index (χ1v) is 5.67. The fraction of sp³-hybridized carbons (Fsp3) is 0.818. The van der Waals surface area contributed by atoms with Gasteiger partial charge in [0.15, 0.2) is 0 Å². The Morgan fingerprint density at radius 3 is 2.40 bits per heavy atom. The highest BCUT2D eigenvalue weighted by atomic mass is 16.2. The molecule has 0 aromatic carbocycles. The van der Waals surface area contributed by atoms with Crippen molar-refractivity contribution in [3.63, 3.8) is 0 Å². The van der Waals surface area contributed by atoms with E-state index < -0.39 is 0 Å². The third-order valence-corrected chi connectivity index (χ3v) is 3.73. The van der Waals surface area contributed by atoms with Gasteiger partial charge in [0, 0.05) is 12.6 Å². The van der Waals surface area contributed by atoms with Crippen LogP contribution in [-0.4, -0.2) is 29.3 Å². The predicted molar refractivity (Wildman–Crippen MR) is 55.7 cm³/mol. The Morgan fingerprint density at radius 1 is 1.40 bits per heavy atom. The molecule has 15 heavy (non-hydrogen) atoms. The first-order valence-electron chi connectivity index (χ1n) is 5.67. The van der Waals surface area contributed by atoms with Gasteiger partial charge in [0.2, 0.25) is 11.8 Å². The van der Waals surface area contributed by atoms with Crippen LogP contribution in [0.25, 0.3) is 0 Å². The van der Waals surface area contributed by atoms with Crippen LogP contribution in [0.4, 0.5) is 0 Å². The molecule has 0 radical (unpaired) electrons. The number of carbonyl (C=O) groups is 2. The summed E-state index contributed by atoms with van der Waals surface area (Å²) < 4.78 is 0. The predicted octanol–water partition coefficient (Wildman–Crippen LogP) is 0.365. The molecule has 1 saturated heterocycles. The van der Waals surface area contributed by atoms with Crippen molar-refractivity contribution in [2.24, 2.45) is 23.5 Å². The molecule has 1 heterocycles. The van der Waals surface area contributed by atoms with Crippen LogP contribution >= 0.6 is 0 Å². The van der Waals surface area contributed by atoms with E-state index in [1.165, 1.54) is 4.90 Å². The van der Waals surface area contributed by atoms with Gasteiger partial charge in [-0.2, -0.15) is 0 Å². The number of likely N-dealkylation sites (tertiary alicyclic amines) is 1. The van der Waals surface area contributed by atoms with E-state index in [0.29, 0.717) is 12.5 Å². The Hall–Kier alpha value is -0.900. The summed E-state index contributed by atoms with van der Waals surface area (Å²) >= 11 is 0. The standard InChI is InChI=1S/C11H18N2O2/c1-3-6(2)9(12)5-13-10(14)7-4-8(7)11(13)15/h6-9H,3-5,12H2,1-2H3. The Morgan fingerprint density at radius 2 is 1.93 bits per heavy atom. The zero-order valence-electron chi connectivity index (χ0n) is 9.27. The van der Waals surface area contributed by atoms with Crippen LogP contribution in [0.15, 0.2) is 0 Å². The van der Waals surface area contributed by atoms with Gasteiger partial charge in [0.05, 0.1) is 11.8 Å². The topological polar surface area (TPSA) is 63.4 Å². The summed E-state index contributed by atoms with van der Waals surface area (Å²) in [5.41, 5.74) is 5.95. The first-order chi connectivity index (χ1) is 7.06. The van der Waals surface area contributed by atoms with E-state index in [0.717, 1.165) is 12.8 Å². The smallest absolute Gasteiger partial charge is 0.233 e. The van der Waals surface area contributed by atoms with Crippen molar-refractivity contribution in [3.8, 4) is 0 Å². The first kappa shape index (κ1) is 10.6. The number of piperidine rings is 1. The van der Waals surface area contributed by atoms with Gasteiger partial charge in [0.1, 0.15) is 0 Å². The van der Waals surface area contributed by atoms with Gasteiger partial charge in [-0.3, -0.25) is 14.5 Å². The van der Waals surface area contributed by atoms with E-state index >= 15 is 0 Å². The second-order valence-corrected chi connectivity index (χ2v) is 4.79. The van der Waals surface area contributed by atoms with Crippen LogP contribution in [0.2, 0.25) is 0 Å². The molecule has 84 valence electrons. The lowest BCUT2D eigenvalue weighted by atomic mass is 9.99. The van der Waals surface area contributed by atoms with E-state index in [4.69, 9.17) is 5.73 Å². The number of hydrogen-bond acceptors (Lipinski definition) is 3. The second-order valence-electron chi connectivity index (χ2n) is 4.79. The lowest BCUT2D eigenvalue weighted by Gasteiger charge is -2.24. The van der Waals surface area contributed by atoms with Crippen LogP contribution < -0.4 is 5.73 Å². The maximum atomic E-state index is 11.7. The van der Waals surface area contributed by atoms with Gasteiger partial charge in [-0.25, -0.2) is 0 Å². The highest BCUT2D eigenvalue weighted by molar-refractivity contribution is 6.08. The second kappa shape index (κ2) is 3.59. The summed E-state index contributed by atoms with van der Waals surface area (Å²) in [6, 6.07) is -0.0830. The third kappa shape index (κ3) is 1.67. The number of carbonyl (C=O) groups excluding carboxylic acids is 2. The number of nitrogens with two attached hydrogens (primary N) is 1. The van der Waals surface area contributed by atoms with Gasteiger partial charge in [-0.15, -0.1) is 0 Å². The summed E-state index contributed by atoms with van der Waals surface area (Å²) in [7, 11) is 0. The molecule has 4 atom stereocenters. The molecular weight excluding hydrogens is 192 g/mol. The van der Waals surface area contributed by atoms with E-state index in [9.17, 15) is 9.59 Å². The van der Waals surface area contributed by atoms with Gasteiger partial charge in [-0.05, 0) is 12.3 Å². The third-order valence-electron chi connectivity index (χ3n) is 3.73. The highest BCUT2D eigenvalue weighted by Gasteiger charge is 2.58. The molecule has 0 spiro atoms. The quantitative estimate of drug-likeness (QED) is 0.682. The molecule has 2 amide bonds. The molecular formula is C11H18N2O2. The SMILES string of the molecule is CCC(C)C(N)CN1C(=O)C2CC2C1=O. The van der Waals surface area contributed by atoms with E-state index in [-0.39, 0.29) is 29.7 Å². The Balaban J connectivity index is 1.95. The molecule has 4 heteroatoms. The number of imide groups is 1. The molecule has 1 saturated carbocycles. The van der Waals surface area contributed by atoms with Crippen LogP contribution in [-0.2, 0) is 9.59 Å². The maximum absolute atomic E-state index is 11.7. The molecule has 2 fully saturated rings. The normalized spacial score (nSPS) is 32.9. The molecule has 1 aliphatic heterocycles. The molecule has 4 unspecified atom stereocenters. The van der Waals surface area contributed by atoms with E-state index in [1.54, 1.807) is 0 Å². The van der Waals surface area contributed by atoms with Crippen molar-refractivity contribution in [2.75, 3.05) is 6.54 Å². The fourth-order valence-corrected chi connectivity index (χ4v) is 2.12. The summed E-state index contributed by atoms with van der Waals surface area (Å²) in [6.07, 6.45) is 1.75. The van der Waals surface area contributed by atoms with Crippen LogP contribution in [0.1, 0.15) is 26.7 Å². The number of hydrogen-bond donors (Lipinski definition) is 1. The summed E-state index contributed by atoms with van der Waals surface area (Å²) in [4.78, 5) is 24.7. The molecule has 0 aromatic heterocycles. The van der Waals surface area contributed by atoms with Crippen molar-refractivity contribution in [1.82, 2.24) is 4.90 Å². The van der Waals surface area contributed by atoms with Crippen LogP contribution in [0, 0.1) is 17.8 Å². The Labute approximate surface area is 89.8 Å². The van der Waals surface area contributed by atoms with Crippen LogP contribution in [0.5, 0.6) is 0 Å². The van der Waals surface area contributed by atoms with Gasteiger partial charge >= 0.3 is 0 Å². The van der Waals surface area contributed by atoms with Crippen molar-refractivity contribution < 1.29 is 9.59 Å². The van der Waals surface area contributed by atoms with Crippen molar-refractivity contribution >= 4 is 11.8 Å². The van der Waals surface area contributed by atoms with Gasteiger partial charge in [-0.1, -0.05) is 20.3 Å². The van der Waals surface area contributed by atoms with Crippen molar-refractivity contribution in [2.45, 2.75) is 32.7 Å². The lowest BCUT2D eigenvalue weighted by molar-refractivity contribution is -0.141. The Bertz CT molecular complexity index is 283. The fourth-order valence-electron chi connectivity index (χ4n) is 2.12. The highest BCUT2D eigenvalue weighted by Crippen LogP contribution is 2.46. The van der Waals surface area contributed by atoms with Crippen molar-refractivity contribution in [3.05, 3.63) is 0 Å². The maximum Gasteiger partial charge on any atom is 0.233 e. The molecule has 1 aliphatic carbocycles. The van der Waals surface area contributed by atoms with E-state index in [1.807, 2.05) is 0 Å². The minimum atomic E-state index is -0.0830. The number of nitrogens with zero attached hydrogens (tertiary/aromatic N) is 1. The molecule has 4 nitrogen and oxygen atoms in total. The summed E-state index contributed by atoms with van der Waals surface area (Å²) in [5, 5.41) is 0. The molecule has 2 N–H and O–H groups in total. The number of amides is 2. The minimum absolute atomic E-state index is 0.00151. The van der Waals surface area contributed by atoms with Gasteiger partial charge in [0.25, 0.3) is 0 Å². The van der Waals surface area contributed by atoms with Crippen molar-refractivity contribution in [1.29, 1.82) is 0 Å². The van der Waals surface area contributed by atoms with E-state index in [2.05, 4.69) is 13.8 Å². The average molecular weight is 210 g/mol. The molecule has 2 rings (SSSR count). The molecule has 0 aromatic rings. The van der Waals surface area contributed by atoms with Gasteiger partial charge < -0.3 is 5.73 Å². The number of fused-ring (bicyclic) bond motifs is 1. The minimum Gasteiger partial charge on any atom is -0.326 e. The summed E-state index contributed by atoms with van der Waals surface area (Å²) in [6.45, 7) is 4.52. The largest absolute Gasteiger partial charge is 0.326 e. The average Bonchev–Trinajstić information content (AvgIpc) is 2.97. The molecule has 2 aliphatic rings.